The summed E-state index contributed by atoms with van der Waals surface area (Å²) in [7, 11) is 3.14. The van der Waals surface area contributed by atoms with Crippen LogP contribution in [0.4, 0.5) is 10.5 Å². The van der Waals surface area contributed by atoms with Gasteiger partial charge in [-0.2, -0.15) is 0 Å². The molecule has 0 radical (unpaired) electrons. The molecule has 0 saturated carbocycles. The fourth-order valence-electron chi connectivity index (χ4n) is 3.70. The Morgan fingerprint density at radius 2 is 1.96 bits per heavy atom. The van der Waals surface area contributed by atoms with Gasteiger partial charge >= 0.3 is 6.03 Å². The second kappa shape index (κ2) is 7.85. The molecule has 7 nitrogen and oxygen atoms in total. The van der Waals surface area contributed by atoms with Gasteiger partial charge < -0.3 is 24.6 Å². The summed E-state index contributed by atoms with van der Waals surface area (Å²) in [5.41, 5.74) is 0.746. The van der Waals surface area contributed by atoms with Crippen molar-refractivity contribution in [3.63, 3.8) is 0 Å². The van der Waals surface area contributed by atoms with Crippen molar-refractivity contribution in [1.29, 1.82) is 0 Å². The number of carbonyl (C=O) groups excluding carboxylic acids is 2. The van der Waals surface area contributed by atoms with Gasteiger partial charge in [-0.05, 0) is 38.3 Å². The highest BCUT2D eigenvalue weighted by atomic mass is 16.5. The van der Waals surface area contributed by atoms with Crippen LogP contribution in [0.1, 0.15) is 32.6 Å². The normalized spacial score (nSPS) is 23.1. The zero-order valence-electron chi connectivity index (χ0n) is 15.7. The van der Waals surface area contributed by atoms with Gasteiger partial charge in [-0.15, -0.1) is 0 Å². The van der Waals surface area contributed by atoms with E-state index in [2.05, 4.69) is 12.2 Å². The molecule has 2 fully saturated rings. The molecule has 142 valence electrons. The number of methoxy groups -OCH3 is 2. The first kappa shape index (κ1) is 18.4. The van der Waals surface area contributed by atoms with Crippen LogP contribution in [0.3, 0.4) is 0 Å². The lowest BCUT2D eigenvalue weighted by atomic mass is 10.0. The Bertz CT molecular complexity index is 679. The van der Waals surface area contributed by atoms with E-state index in [-0.39, 0.29) is 24.0 Å². The van der Waals surface area contributed by atoms with Crippen LogP contribution in [0, 0.1) is 0 Å². The Hall–Kier alpha value is -2.44. The van der Waals surface area contributed by atoms with Crippen LogP contribution in [0.2, 0.25) is 0 Å². The summed E-state index contributed by atoms with van der Waals surface area (Å²) in [5, 5.41) is 3.03. The lowest BCUT2D eigenvalue weighted by Crippen LogP contribution is -2.50. The number of benzene rings is 1. The van der Waals surface area contributed by atoms with E-state index < -0.39 is 0 Å². The van der Waals surface area contributed by atoms with Gasteiger partial charge in [0, 0.05) is 37.3 Å². The van der Waals surface area contributed by atoms with E-state index in [0.717, 1.165) is 25.1 Å². The third-order valence-corrected chi connectivity index (χ3v) is 5.20. The number of ether oxygens (including phenoxy) is 2. The molecular weight excluding hydrogens is 334 g/mol. The lowest BCUT2D eigenvalue weighted by molar-refractivity contribution is -0.117. The number of hydrogen-bond acceptors (Lipinski definition) is 4. The molecule has 1 N–H and O–H groups in total. The summed E-state index contributed by atoms with van der Waals surface area (Å²) in [4.78, 5) is 28.6. The van der Waals surface area contributed by atoms with Crippen LogP contribution >= 0.6 is 0 Å². The van der Waals surface area contributed by atoms with E-state index in [1.54, 1.807) is 31.3 Å². The second-order valence-electron chi connectivity index (χ2n) is 6.93. The molecule has 3 rings (SSSR count). The van der Waals surface area contributed by atoms with Crippen molar-refractivity contribution in [2.24, 2.45) is 0 Å². The van der Waals surface area contributed by atoms with Gasteiger partial charge in [0.05, 0.1) is 20.3 Å². The Morgan fingerprint density at radius 1 is 1.19 bits per heavy atom. The molecule has 2 heterocycles. The number of piperidine rings is 1. The van der Waals surface area contributed by atoms with Crippen molar-refractivity contribution in [2.75, 3.05) is 32.2 Å². The Balaban J connectivity index is 1.66. The average Bonchev–Trinajstić information content (AvgIpc) is 3.01. The van der Waals surface area contributed by atoms with Crippen molar-refractivity contribution in [3.8, 4) is 11.5 Å². The molecule has 1 aromatic carbocycles. The molecule has 2 atom stereocenters. The van der Waals surface area contributed by atoms with Crippen LogP contribution in [-0.4, -0.2) is 56.2 Å². The Morgan fingerprint density at radius 3 is 2.65 bits per heavy atom. The molecule has 2 saturated heterocycles. The molecule has 26 heavy (non-hydrogen) atoms. The first-order valence-electron chi connectivity index (χ1n) is 9.13. The van der Waals surface area contributed by atoms with E-state index in [0.29, 0.717) is 24.5 Å². The molecular formula is C19H27N3O4. The van der Waals surface area contributed by atoms with Crippen molar-refractivity contribution in [2.45, 2.75) is 44.7 Å². The van der Waals surface area contributed by atoms with Gasteiger partial charge in [0.2, 0.25) is 5.91 Å². The quantitative estimate of drug-likeness (QED) is 0.894. The highest BCUT2D eigenvalue weighted by Gasteiger charge is 2.34. The summed E-state index contributed by atoms with van der Waals surface area (Å²) in [5.74, 6) is 1.19. The minimum Gasteiger partial charge on any atom is -0.493 e. The van der Waals surface area contributed by atoms with Gasteiger partial charge in [-0.3, -0.25) is 4.79 Å². The van der Waals surface area contributed by atoms with Crippen LogP contribution in [-0.2, 0) is 4.79 Å². The largest absolute Gasteiger partial charge is 0.493 e. The lowest BCUT2D eigenvalue weighted by Gasteiger charge is -2.34. The van der Waals surface area contributed by atoms with Gasteiger partial charge in [0.1, 0.15) is 0 Å². The third kappa shape index (κ3) is 3.71. The Labute approximate surface area is 154 Å². The van der Waals surface area contributed by atoms with E-state index in [1.165, 1.54) is 6.42 Å². The molecule has 3 amide bonds. The fraction of sp³-hybridized carbons (Fsp3) is 0.579. The monoisotopic (exact) mass is 361 g/mol. The predicted molar refractivity (Wildman–Crippen MR) is 98.9 cm³/mol. The highest BCUT2D eigenvalue weighted by molar-refractivity contribution is 5.97. The third-order valence-electron chi connectivity index (χ3n) is 5.20. The van der Waals surface area contributed by atoms with E-state index in [9.17, 15) is 9.59 Å². The zero-order chi connectivity index (χ0) is 18.7. The summed E-state index contributed by atoms with van der Waals surface area (Å²) >= 11 is 0. The molecule has 0 aliphatic carbocycles. The number of nitrogens with one attached hydrogen (secondary N) is 1. The maximum atomic E-state index is 12.5. The number of likely N-dealkylation sites (tertiary alicyclic amines) is 1. The molecule has 7 heteroatoms. The Kier molecular flexibility index (Phi) is 5.54. The van der Waals surface area contributed by atoms with E-state index in [1.807, 2.05) is 11.0 Å². The molecule has 2 aliphatic heterocycles. The number of carbonyl (C=O) groups is 2. The maximum absolute atomic E-state index is 12.5. The number of amides is 3. The van der Waals surface area contributed by atoms with E-state index >= 15 is 0 Å². The van der Waals surface area contributed by atoms with Crippen molar-refractivity contribution >= 4 is 17.6 Å². The fourth-order valence-corrected chi connectivity index (χ4v) is 3.70. The minimum atomic E-state index is -0.183. The number of urea groups is 1. The van der Waals surface area contributed by atoms with Gasteiger partial charge in [-0.1, -0.05) is 0 Å². The number of hydrogen-bond donors (Lipinski definition) is 1. The van der Waals surface area contributed by atoms with Crippen molar-refractivity contribution in [1.82, 2.24) is 10.2 Å². The topological polar surface area (TPSA) is 71.1 Å². The van der Waals surface area contributed by atoms with Crippen LogP contribution < -0.4 is 19.7 Å². The molecule has 1 aromatic rings. The summed E-state index contributed by atoms with van der Waals surface area (Å²) in [6.07, 6.45) is 3.55. The van der Waals surface area contributed by atoms with E-state index in [4.69, 9.17) is 9.47 Å². The molecule has 0 bridgehead atoms. The standard InChI is InChI=1S/C19H27N3O4/c1-13-6-4-5-9-21(13)19(24)20-14-10-18(23)22(12-14)15-7-8-16(25-2)17(11-15)26-3/h7-8,11,13-14H,4-6,9-10,12H2,1-3H3,(H,20,24)/t13-,14-/m0/s1. The van der Waals surface area contributed by atoms with Gasteiger partial charge in [-0.25, -0.2) is 4.79 Å². The average molecular weight is 361 g/mol. The SMILES string of the molecule is COc1ccc(N2C[C@@H](NC(=O)N3CCCC[C@@H]3C)CC2=O)cc1OC. The first-order valence-corrected chi connectivity index (χ1v) is 9.13. The number of nitrogens with zero attached hydrogens (tertiary/aromatic N) is 2. The van der Waals surface area contributed by atoms with Crippen molar-refractivity contribution < 1.29 is 19.1 Å². The number of rotatable bonds is 4. The molecule has 0 spiro atoms. The molecule has 0 aromatic heterocycles. The minimum absolute atomic E-state index is 0.00536. The van der Waals surface area contributed by atoms with Crippen LogP contribution in [0.5, 0.6) is 11.5 Å². The summed E-state index contributed by atoms with van der Waals surface area (Å²) < 4.78 is 10.6. The van der Waals surface area contributed by atoms with Crippen molar-refractivity contribution in [3.05, 3.63) is 18.2 Å². The second-order valence-corrected chi connectivity index (χ2v) is 6.93. The molecule has 0 unspecified atom stereocenters. The number of anilines is 1. The zero-order valence-corrected chi connectivity index (χ0v) is 15.7. The van der Waals surface area contributed by atoms with Gasteiger partial charge in [0.15, 0.2) is 11.5 Å². The van der Waals surface area contributed by atoms with Gasteiger partial charge in [0.25, 0.3) is 0 Å². The highest BCUT2D eigenvalue weighted by Crippen LogP contribution is 2.33. The summed E-state index contributed by atoms with van der Waals surface area (Å²) in [6.45, 7) is 3.32. The smallest absolute Gasteiger partial charge is 0.317 e. The van der Waals surface area contributed by atoms with Crippen LogP contribution in [0.15, 0.2) is 18.2 Å². The summed E-state index contributed by atoms with van der Waals surface area (Å²) in [6, 6.07) is 5.40. The van der Waals surface area contributed by atoms with Crippen LogP contribution in [0.25, 0.3) is 0 Å². The first-order chi connectivity index (χ1) is 12.5. The molecule has 2 aliphatic rings. The predicted octanol–water partition coefficient (Wildman–Crippen LogP) is 2.39. The maximum Gasteiger partial charge on any atom is 0.317 e.